The molecule has 0 aliphatic heterocycles. The van der Waals surface area contributed by atoms with Gasteiger partial charge in [-0.25, -0.2) is 9.97 Å². The van der Waals surface area contributed by atoms with Gasteiger partial charge in [0, 0.05) is 23.6 Å². The maximum atomic E-state index is 14.5. The van der Waals surface area contributed by atoms with Crippen molar-refractivity contribution in [3.8, 4) is 17.1 Å². The predicted molar refractivity (Wildman–Crippen MR) is 266 cm³/mol. The first kappa shape index (κ1) is 55.0. The Morgan fingerprint density at radius 2 is 1.05 bits per heavy atom. The fourth-order valence-electron chi connectivity index (χ4n) is 6.79. The predicted octanol–water partition coefficient (Wildman–Crippen LogP) is -4.72. The van der Waals surface area contributed by atoms with Crippen molar-refractivity contribution in [3.63, 3.8) is 0 Å². The number of rotatable bonds is 22. The number of nitro groups is 1. The number of carbonyl (C=O) groups excluding carboxylic acids is 6. The zero-order valence-electron chi connectivity index (χ0n) is 38.8. The number of aromatic nitrogens is 2. The Morgan fingerprint density at radius 3 is 1.56 bits per heavy atom. The first-order valence-electron chi connectivity index (χ1n) is 21.5. The molecule has 5 aromatic rings. The minimum absolute atomic E-state index is 0.0481. The molecule has 4 aromatic carbocycles. The largest absolute Gasteiger partial charge is 0.502 e. The molecule has 0 bridgehead atoms. The van der Waals surface area contributed by atoms with Crippen LogP contribution in [0.15, 0.2) is 103 Å². The van der Waals surface area contributed by atoms with Crippen molar-refractivity contribution >= 4 is 81.7 Å². The lowest BCUT2D eigenvalue weighted by molar-refractivity contribution is -0.385. The molecule has 25 N–H and O–H groups in total. The van der Waals surface area contributed by atoms with Gasteiger partial charge < -0.3 is 91.6 Å². The summed E-state index contributed by atoms with van der Waals surface area (Å²) in [6, 6.07) is 24.1. The van der Waals surface area contributed by atoms with Crippen LogP contribution in [0, 0.1) is 31.8 Å². The number of para-hydroxylation sites is 1. The zero-order chi connectivity index (χ0) is 55.1. The van der Waals surface area contributed by atoms with Gasteiger partial charge in [-0.15, -0.1) is 0 Å². The molecule has 32 heteroatoms. The average molecular weight is 1040 g/mol. The van der Waals surface area contributed by atoms with E-state index in [1.54, 1.807) is 60.7 Å². The Balaban J connectivity index is 1.48. The number of nitro benzene ring substituents is 1. The number of aliphatic hydroxyl groups is 1. The van der Waals surface area contributed by atoms with Crippen LogP contribution < -0.4 is 81.4 Å². The van der Waals surface area contributed by atoms with Crippen molar-refractivity contribution in [2.75, 3.05) is 4.90 Å². The summed E-state index contributed by atoms with van der Waals surface area (Å²) in [5, 5.41) is 84.3. The summed E-state index contributed by atoms with van der Waals surface area (Å²) >= 11 is 0. The van der Waals surface area contributed by atoms with E-state index in [4.69, 9.17) is 55.3 Å². The molecular formula is C43H50N22O10. The summed E-state index contributed by atoms with van der Waals surface area (Å²) in [6.45, 7) is -0.484. The summed E-state index contributed by atoms with van der Waals surface area (Å²) in [5.74, 6) is -12.1. The van der Waals surface area contributed by atoms with Crippen molar-refractivity contribution < 1.29 is 43.9 Å². The van der Waals surface area contributed by atoms with E-state index in [0.717, 1.165) is 17.0 Å². The second-order valence-corrected chi connectivity index (χ2v) is 15.6. The standard InChI is InChI=1S/C43H50N22O10/c44-27(67)29(60-40(45)46)56-35(69)31(62-42(49)50)58-37(71)32(63-43(51)52)59-36(70)30(61-41(47)48)57-34(68)26(20-9-3-1-4-10-20)54-38(72)39(73)64(18-19-15-16-25(66)24(17-19)65(74)75)33-22-13-7-8-14-23(22)53-28(55-33)21-11-5-2-6-12-21/h1-17,26,29-32,39,66,73H,18H2,(H2,44,67)(H,54,72)(H,56,69)(H,57,68)(H,58,71)(H,59,70)(H4,45,46,60)(H4,47,48,61)(H4,49,50,62)(H4,51,52,63). The number of nitrogens with zero attached hydrogens (tertiary/aromatic N) is 4. The van der Waals surface area contributed by atoms with Gasteiger partial charge in [-0.1, -0.05) is 78.9 Å². The number of phenolic OH excluding ortho intramolecular Hbond substituents is 1. The Labute approximate surface area is 422 Å². The highest BCUT2D eigenvalue weighted by Gasteiger charge is 2.36. The third-order valence-corrected chi connectivity index (χ3v) is 10.1. The first-order valence-corrected chi connectivity index (χ1v) is 21.5. The zero-order valence-corrected chi connectivity index (χ0v) is 38.8. The molecule has 0 fully saturated rings. The number of aliphatic hydroxyl groups excluding tert-OH is 1. The number of benzene rings is 4. The molecule has 1 aromatic heterocycles. The number of nitrogens with one attached hydrogen (secondary N) is 13. The van der Waals surface area contributed by atoms with Gasteiger partial charge in [-0.2, -0.15) is 0 Å². The first-order chi connectivity index (χ1) is 35.5. The van der Waals surface area contributed by atoms with Crippen molar-refractivity contribution in [2.24, 2.45) is 28.7 Å². The lowest BCUT2D eigenvalue weighted by Gasteiger charge is -2.31. The third kappa shape index (κ3) is 15.0. The summed E-state index contributed by atoms with van der Waals surface area (Å²) in [7, 11) is 0. The van der Waals surface area contributed by atoms with Crippen LogP contribution in [0.1, 0.15) is 17.2 Å². The van der Waals surface area contributed by atoms with Crippen molar-refractivity contribution in [1.82, 2.24) is 57.8 Å². The maximum absolute atomic E-state index is 14.5. The Morgan fingerprint density at radius 1 is 0.587 bits per heavy atom. The molecule has 0 spiro atoms. The third-order valence-electron chi connectivity index (χ3n) is 10.1. The number of anilines is 1. The van der Waals surface area contributed by atoms with E-state index in [1.165, 1.54) is 30.3 Å². The van der Waals surface area contributed by atoms with Crippen LogP contribution in [0.5, 0.6) is 5.75 Å². The number of fused-ring (bicyclic) bond motifs is 1. The van der Waals surface area contributed by atoms with Gasteiger partial charge in [0.25, 0.3) is 29.5 Å². The van der Waals surface area contributed by atoms with Crippen LogP contribution in [0.25, 0.3) is 22.3 Å². The van der Waals surface area contributed by atoms with Crippen LogP contribution in [0.2, 0.25) is 0 Å². The number of hydrogen-bond acceptors (Lipinski definition) is 17. The van der Waals surface area contributed by atoms with E-state index >= 15 is 0 Å². The van der Waals surface area contributed by atoms with Gasteiger partial charge >= 0.3 is 5.69 Å². The van der Waals surface area contributed by atoms with E-state index < -0.39 is 119 Å². The normalized spacial score (nSPS) is 13.0. The van der Waals surface area contributed by atoms with E-state index in [0.29, 0.717) is 16.5 Å². The molecule has 0 aliphatic rings. The molecule has 6 amide bonds. The molecule has 5 rings (SSSR count). The highest BCUT2D eigenvalue weighted by atomic mass is 16.6. The smallest absolute Gasteiger partial charge is 0.311 e. The number of primary amides is 1. The van der Waals surface area contributed by atoms with Gasteiger partial charge in [-0.3, -0.25) is 60.5 Å². The highest BCUT2D eigenvalue weighted by molar-refractivity contribution is 6.00. The van der Waals surface area contributed by atoms with Gasteiger partial charge in [0.05, 0.1) is 10.4 Å². The van der Waals surface area contributed by atoms with Crippen LogP contribution >= 0.6 is 0 Å². The van der Waals surface area contributed by atoms with Gasteiger partial charge in [0.2, 0.25) is 12.1 Å². The van der Waals surface area contributed by atoms with E-state index in [2.05, 4.69) is 36.9 Å². The number of aromatic hydroxyl groups is 1. The molecule has 0 saturated carbocycles. The van der Waals surface area contributed by atoms with Crippen molar-refractivity contribution in [1.29, 1.82) is 21.6 Å². The Kier molecular flexibility index (Phi) is 18.2. The van der Waals surface area contributed by atoms with Crippen LogP contribution in [0.4, 0.5) is 11.5 Å². The summed E-state index contributed by atoms with van der Waals surface area (Å²) in [5.41, 5.74) is 27.2. The number of phenols is 1. The van der Waals surface area contributed by atoms with Crippen LogP contribution in [0.3, 0.4) is 0 Å². The fraction of sp³-hybridized carbons (Fsp3) is 0.163. The topological polar surface area (TPSA) is 549 Å². The molecule has 0 aliphatic carbocycles. The fourth-order valence-corrected chi connectivity index (χ4v) is 6.79. The van der Waals surface area contributed by atoms with Gasteiger partial charge in [0.15, 0.2) is 60.1 Å². The molecule has 75 heavy (non-hydrogen) atoms. The molecule has 6 atom stereocenters. The Bertz CT molecular complexity index is 3020. The lowest BCUT2D eigenvalue weighted by Crippen LogP contribution is -2.68. The molecule has 32 nitrogen and oxygen atoms in total. The molecule has 0 radical (unpaired) electrons. The molecule has 392 valence electrons. The number of nitrogens with two attached hydrogens (primary N) is 5. The molecule has 1 heterocycles. The number of hydrogen-bond donors (Lipinski definition) is 20. The summed E-state index contributed by atoms with van der Waals surface area (Å²) in [6.07, 6.45) is -10.4. The minimum Gasteiger partial charge on any atom is -0.502 e. The van der Waals surface area contributed by atoms with E-state index in [9.17, 15) is 49.1 Å². The van der Waals surface area contributed by atoms with Crippen LogP contribution in [-0.2, 0) is 35.3 Å². The van der Waals surface area contributed by atoms with E-state index in [-0.39, 0.29) is 22.8 Å². The monoisotopic (exact) mass is 1030 g/mol. The maximum Gasteiger partial charge on any atom is 0.311 e. The van der Waals surface area contributed by atoms with E-state index in [1.807, 2.05) is 16.0 Å². The number of carbonyl (C=O) groups is 6. The highest BCUT2D eigenvalue weighted by Crippen LogP contribution is 2.32. The second-order valence-electron chi connectivity index (χ2n) is 15.6. The summed E-state index contributed by atoms with van der Waals surface area (Å²) < 4.78 is 0. The summed E-state index contributed by atoms with van der Waals surface area (Å²) in [4.78, 5) is 103. The Hall–Kier alpha value is -10.9. The SMILES string of the molecule is N=C(N)NC(NC(=O)C(NC(=N)N)NC(=O)C(NC(=N)N)NC(=O)C(NC(=N)N)NC(=O)C(NC(=O)C(O)N(Cc1ccc(O)c([N+](=O)[O-])c1)c1nc(-c2ccccc2)nc2ccccc12)c1ccccc1)C(N)=O. The minimum atomic E-state index is -2.29. The van der Waals surface area contributed by atoms with Gasteiger partial charge in [-0.05, 0) is 29.3 Å². The number of amides is 6. The average Bonchev–Trinajstić information content (AvgIpc) is 3.36. The van der Waals surface area contributed by atoms with Gasteiger partial charge in [0.1, 0.15) is 11.9 Å². The molecular weight excluding hydrogens is 985 g/mol. The molecule has 0 saturated heterocycles. The quantitative estimate of drug-likeness (QED) is 0.0102. The second kappa shape index (κ2) is 24.8. The van der Waals surface area contributed by atoms with Crippen molar-refractivity contribution in [3.05, 3.63) is 124 Å². The lowest BCUT2D eigenvalue weighted by atomic mass is 10.1. The molecule has 6 unspecified atom stereocenters. The van der Waals surface area contributed by atoms with Crippen LogP contribution in [-0.4, -0.2) is 115 Å². The van der Waals surface area contributed by atoms with Crippen molar-refractivity contribution in [2.45, 2.75) is 43.5 Å². The number of guanidine groups is 4.